The van der Waals surface area contributed by atoms with E-state index in [0.717, 1.165) is 11.1 Å². The maximum absolute atomic E-state index is 12.5. The van der Waals surface area contributed by atoms with E-state index in [-0.39, 0.29) is 18.4 Å². The van der Waals surface area contributed by atoms with Crippen molar-refractivity contribution < 1.29 is 38.0 Å². The van der Waals surface area contributed by atoms with Crippen molar-refractivity contribution in [1.29, 1.82) is 0 Å². The Balaban J connectivity index is 2.75. The summed E-state index contributed by atoms with van der Waals surface area (Å²) in [6, 6.07) is 11.4. The lowest BCUT2D eigenvalue weighted by Crippen LogP contribution is -2.49. The first-order chi connectivity index (χ1) is 21.3. The van der Waals surface area contributed by atoms with E-state index < -0.39 is 26.5 Å². The largest absolute Gasteiger partial charge is 0.493 e. The number of carbonyl (C=O) groups excluding carboxylic acids is 1. The van der Waals surface area contributed by atoms with Gasteiger partial charge in [-0.1, -0.05) is 59.8 Å². The van der Waals surface area contributed by atoms with Crippen molar-refractivity contribution in [2.45, 2.75) is 90.1 Å². The van der Waals surface area contributed by atoms with E-state index in [4.69, 9.17) is 28.1 Å². The monoisotopic (exact) mass is 644 g/mol. The fourth-order valence-electron chi connectivity index (χ4n) is 6.98. The molecule has 2 aromatic rings. The molecular formula is C36H56O8Si. The molecule has 252 valence electrons. The highest BCUT2D eigenvalue weighted by Crippen LogP contribution is 2.49. The third-order valence-corrected chi connectivity index (χ3v) is 15.0. The van der Waals surface area contributed by atoms with Crippen molar-refractivity contribution in [3.63, 3.8) is 0 Å². The van der Waals surface area contributed by atoms with E-state index in [1.165, 1.54) is 6.92 Å². The van der Waals surface area contributed by atoms with Gasteiger partial charge in [0.2, 0.25) is 8.32 Å². The number of rotatable bonds is 19. The van der Waals surface area contributed by atoms with E-state index in [2.05, 4.69) is 48.1 Å². The highest BCUT2D eigenvalue weighted by Gasteiger charge is 2.48. The van der Waals surface area contributed by atoms with Crippen LogP contribution >= 0.6 is 0 Å². The maximum atomic E-state index is 12.5. The summed E-state index contributed by atoms with van der Waals surface area (Å²) in [5.41, 5.74) is 2.64. The highest BCUT2D eigenvalue weighted by molar-refractivity contribution is 6.77. The predicted molar refractivity (Wildman–Crippen MR) is 182 cm³/mol. The van der Waals surface area contributed by atoms with Crippen LogP contribution in [-0.4, -0.2) is 54.4 Å². The summed E-state index contributed by atoms with van der Waals surface area (Å²) in [4.78, 5) is 12.5. The van der Waals surface area contributed by atoms with E-state index >= 15 is 0 Å². The molecule has 0 unspecified atom stereocenters. The summed E-state index contributed by atoms with van der Waals surface area (Å²) in [5, 5.41) is 11.1. The quantitative estimate of drug-likeness (QED) is 0.0925. The molecule has 0 saturated carbocycles. The molecule has 2 rings (SSSR count). The fraction of sp³-hybridized carbons (Fsp3) is 0.583. The average molecular weight is 645 g/mol. The van der Waals surface area contributed by atoms with Crippen LogP contribution in [-0.2, 0) is 14.0 Å². The molecule has 0 radical (unpaired) electrons. The molecule has 2 aromatic carbocycles. The summed E-state index contributed by atoms with van der Waals surface area (Å²) in [6.07, 6.45) is 1.79. The molecule has 0 bridgehead atoms. The number of esters is 1. The Hall–Kier alpha value is -3.01. The van der Waals surface area contributed by atoms with Crippen molar-refractivity contribution in [1.82, 2.24) is 0 Å². The van der Waals surface area contributed by atoms with E-state index in [1.54, 1.807) is 28.4 Å². The minimum absolute atomic E-state index is 0.135. The van der Waals surface area contributed by atoms with Crippen LogP contribution in [0.1, 0.15) is 84.6 Å². The van der Waals surface area contributed by atoms with Crippen LogP contribution in [0.25, 0.3) is 0 Å². The van der Waals surface area contributed by atoms with Gasteiger partial charge in [-0.25, -0.2) is 0 Å². The molecule has 0 aliphatic rings. The van der Waals surface area contributed by atoms with E-state index in [0.29, 0.717) is 52.5 Å². The lowest BCUT2D eigenvalue weighted by molar-refractivity contribution is -0.150. The smallest absolute Gasteiger partial charge is 0.303 e. The Morgan fingerprint density at radius 1 is 0.756 bits per heavy atom. The number of hydrogen-bond acceptors (Lipinski definition) is 8. The normalized spacial score (nSPS) is 14.6. The minimum atomic E-state index is -2.43. The zero-order valence-electron chi connectivity index (χ0n) is 29.2. The Labute approximate surface area is 272 Å². The Kier molecular flexibility index (Phi) is 14.9. The van der Waals surface area contributed by atoms with Crippen molar-refractivity contribution in [3.05, 3.63) is 60.2 Å². The highest BCUT2D eigenvalue weighted by atomic mass is 28.4. The fourth-order valence-corrected chi connectivity index (χ4v) is 12.6. The SMILES string of the molecule is C=CC[C@@H](C[C@H](CO)[C@H](O[Si](C(C)C)(C(C)C)C(C)C)c1ccc(OC)c(OC)c1)[C@H](OC(C)=O)c1ccc(OC)c(OC)c1. The van der Waals surface area contributed by atoms with Crippen molar-refractivity contribution in [3.8, 4) is 23.0 Å². The van der Waals surface area contributed by atoms with Crippen LogP contribution in [0.3, 0.4) is 0 Å². The zero-order valence-corrected chi connectivity index (χ0v) is 30.2. The molecule has 0 aliphatic carbocycles. The third kappa shape index (κ3) is 9.05. The molecule has 45 heavy (non-hydrogen) atoms. The van der Waals surface area contributed by atoms with Crippen LogP contribution in [0.4, 0.5) is 0 Å². The van der Waals surface area contributed by atoms with Crippen LogP contribution in [0, 0.1) is 11.8 Å². The van der Waals surface area contributed by atoms with Crippen LogP contribution in [0.2, 0.25) is 16.6 Å². The van der Waals surface area contributed by atoms with Gasteiger partial charge in [0.1, 0.15) is 6.10 Å². The Bertz CT molecular complexity index is 1210. The first-order valence-electron chi connectivity index (χ1n) is 15.8. The molecule has 1 N–H and O–H groups in total. The second-order valence-electron chi connectivity index (χ2n) is 12.6. The molecule has 9 heteroatoms. The molecule has 4 atom stereocenters. The van der Waals surface area contributed by atoms with Crippen LogP contribution in [0.5, 0.6) is 23.0 Å². The summed E-state index contributed by atoms with van der Waals surface area (Å²) < 4.78 is 35.7. The van der Waals surface area contributed by atoms with Crippen molar-refractivity contribution >= 4 is 14.3 Å². The number of carbonyl (C=O) groups is 1. The number of benzene rings is 2. The van der Waals surface area contributed by atoms with Gasteiger partial charge in [-0.3, -0.25) is 4.79 Å². The molecule has 0 amide bonds. The molecule has 0 fully saturated rings. The van der Waals surface area contributed by atoms with Gasteiger partial charge >= 0.3 is 5.97 Å². The number of aliphatic hydroxyl groups is 1. The Morgan fingerprint density at radius 3 is 1.56 bits per heavy atom. The number of allylic oxidation sites excluding steroid dienone is 1. The topological polar surface area (TPSA) is 92.7 Å². The van der Waals surface area contributed by atoms with E-state index in [9.17, 15) is 9.90 Å². The van der Waals surface area contributed by atoms with Crippen molar-refractivity contribution in [2.75, 3.05) is 35.0 Å². The van der Waals surface area contributed by atoms with Gasteiger partial charge in [0.05, 0.1) is 34.5 Å². The summed E-state index contributed by atoms with van der Waals surface area (Å²) in [5.74, 6) is 1.37. The van der Waals surface area contributed by atoms with Crippen molar-refractivity contribution in [2.24, 2.45) is 11.8 Å². The van der Waals surface area contributed by atoms with Gasteiger partial charge < -0.3 is 33.2 Å². The second-order valence-corrected chi connectivity index (χ2v) is 18.0. The number of aliphatic hydroxyl groups excluding tert-OH is 1. The second kappa shape index (κ2) is 17.6. The van der Waals surface area contributed by atoms with Gasteiger partial charge in [-0.05, 0) is 64.9 Å². The lowest BCUT2D eigenvalue weighted by atomic mass is 9.81. The molecule has 0 aliphatic heterocycles. The van der Waals surface area contributed by atoms with Gasteiger partial charge in [-0.15, -0.1) is 6.58 Å². The third-order valence-electron chi connectivity index (χ3n) is 8.97. The van der Waals surface area contributed by atoms with Gasteiger partial charge in [0.15, 0.2) is 23.0 Å². The summed E-state index contributed by atoms with van der Waals surface area (Å²) in [6.45, 7) is 18.8. The summed E-state index contributed by atoms with van der Waals surface area (Å²) in [7, 11) is 3.95. The van der Waals surface area contributed by atoms with Gasteiger partial charge in [0, 0.05) is 25.4 Å². The van der Waals surface area contributed by atoms with Gasteiger partial charge in [0.25, 0.3) is 0 Å². The number of methoxy groups -OCH3 is 4. The number of ether oxygens (including phenoxy) is 5. The molecule has 8 nitrogen and oxygen atoms in total. The van der Waals surface area contributed by atoms with E-state index in [1.807, 2.05) is 42.5 Å². The van der Waals surface area contributed by atoms with Gasteiger partial charge in [-0.2, -0.15) is 0 Å². The zero-order chi connectivity index (χ0) is 33.9. The first kappa shape index (κ1) is 38.2. The van der Waals surface area contributed by atoms with Crippen LogP contribution in [0.15, 0.2) is 49.1 Å². The molecule has 0 saturated heterocycles. The predicted octanol–water partition coefficient (Wildman–Crippen LogP) is 8.45. The molecular weight excluding hydrogens is 588 g/mol. The summed E-state index contributed by atoms with van der Waals surface area (Å²) >= 11 is 0. The lowest BCUT2D eigenvalue weighted by Gasteiger charge is -2.46. The maximum Gasteiger partial charge on any atom is 0.303 e. The molecule has 0 aromatic heterocycles. The molecule has 0 heterocycles. The number of hydrogen-bond donors (Lipinski definition) is 1. The minimum Gasteiger partial charge on any atom is -0.493 e. The Morgan fingerprint density at radius 2 is 1.20 bits per heavy atom. The average Bonchev–Trinajstić information content (AvgIpc) is 3.01. The molecule has 0 spiro atoms. The first-order valence-corrected chi connectivity index (χ1v) is 18.0. The standard InChI is InChI=1S/C36H56O8Si/c1-13-14-27(35(43-26(8)38)28-15-17-31(39-9)33(20-28)41-11)19-30(22-37)36(29-16-18-32(40-10)34(21-29)42-12)44-45(23(2)3,24(4)5)25(6)7/h13,15-18,20-21,23-25,27,30,35-37H,1,14,19,22H2,2-12H3/t27-,30+,35-,36+/m0/s1. The van der Waals surface area contributed by atoms with Crippen LogP contribution < -0.4 is 18.9 Å².